The van der Waals surface area contributed by atoms with Crippen molar-refractivity contribution in [3.63, 3.8) is 0 Å². The van der Waals surface area contributed by atoms with Crippen LogP contribution in [0.2, 0.25) is 0 Å². The molecule has 0 saturated carbocycles. The van der Waals surface area contributed by atoms with E-state index < -0.39 is 35.8 Å². The molecule has 0 spiro atoms. The summed E-state index contributed by atoms with van der Waals surface area (Å²) in [6.45, 7) is 15.6. The molecule has 10 rings (SSSR count). The largest absolute Gasteiger partial charge is 0.486 e. The molecule has 2 fully saturated rings. The zero-order chi connectivity index (χ0) is 51.6. The number of anilines is 4. The molecule has 2 unspecified atom stereocenters. The van der Waals surface area contributed by atoms with Crippen LogP contribution in [0, 0.1) is 0 Å². The summed E-state index contributed by atoms with van der Waals surface area (Å²) in [5.41, 5.74) is 7.99. The van der Waals surface area contributed by atoms with E-state index in [0.717, 1.165) is 88.4 Å². The second-order valence-electron chi connectivity index (χ2n) is 17.0. The minimum Gasteiger partial charge on any atom is -0.486 e. The van der Waals surface area contributed by atoms with Gasteiger partial charge in [-0.05, 0) is 73.5 Å². The van der Waals surface area contributed by atoms with Crippen molar-refractivity contribution >= 4 is 58.6 Å². The average molecular weight is 1000 g/mol. The van der Waals surface area contributed by atoms with Crippen molar-refractivity contribution in [1.82, 2.24) is 9.80 Å². The molecule has 2 saturated heterocycles. The summed E-state index contributed by atoms with van der Waals surface area (Å²) < 4.78 is 23.3. The van der Waals surface area contributed by atoms with Crippen LogP contribution in [-0.2, 0) is 28.8 Å². The quantitative estimate of drug-likeness (QED) is 0.116. The Balaban J connectivity index is 0.000000177. The van der Waals surface area contributed by atoms with Gasteiger partial charge in [0.2, 0.25) is 0 Å². The smallest absolute Gasteiger partial charge is 0.414 e. The number of piperazine rings is 2. The maximum Gasteiger partial charge on any atom is 0.414 e. The second-order valence-corrected chi connectivity index (χ2v) is 17.0. The van der Waals surface area contributed by atoms with Crippen LogP contribution in [0.4, 0.5) is 22.7 Å². The van der Waals surface area contributed by atoms with Crippen LogP contribution in [0.25, 0.3) is 0 Å². The second kappa shape index (κ2) is 26.3. The summed E-state index contributed by atoms with van der Waals surface area (Å²) in [7, 11) is 0. The first-order chi connectivity index (χ1) is 34.7. The highest BCUT2D eigenvalue weighted by atomic mass is 16.6. The molecule has 4 aromatic carbocycles. The number of nitrogens with one attached hydrogen (secondary N) is 2. The van der Waals surface area contributed by atoms with E-state index >= 15 is 0 Å². The van der Waals surface area contributed by atoms with E-state index in [4.69, 9.17) is 78.4 Å². The first-order valence-electron chi connectivity index (χ1n) is 23.5. The lowest BCUT2D eigenvalue weighted by molar-refractivity contribution is -0.159. The number of ether oxygens (including phenoxy) is 4. The Morgan fingerprint density at radius 2 is 0.764 bits per heavy atom. The standard InChI is InChI=1S/2C22H27N3O2.3C2H2O4/c2*1-2-5-19-18(4-1)17(16-23-19)8-9-24-10-12-25(13-11-24)20-6-3-7-21-22(20)27-15-14-26-21;3*3-1(4)2(5)6/h2*1-7,17,23H,8-16H2;3*(H,3,4)(H,5,6). The van der Waals surface area contributed by atoms with E-state index in [0.29, 0.717) is 38.3 Å². The molecular formula is C50H60N6O16. The minimum absolute atomic E-state index is 0.640. The highest BCUT2D eigenvalue weighted by Crippen LogP contribution is 2.41. The van der Waals surface area contributed by atoms with Gasteiger partial charge in [0, 0.05) is 88.7 Å². The van der Waals surface area contributed by atoms with Crippen molar-refractivity contribution in [2.24, 2.45) is 0 Å². The predicted octanol–water partition coefficient (Wildman–Crippen LogP) is 3.83. The Morgan fingerprint density at radius 3 is 1.11 bits per heavy atom. The van der Waals surface area contributed by atoms with Gasteiger partial charge in [-0.15, -0.1) is 0 Å². The highest BCUT2D eigenvalue weighted by molar-refractivity contribution is 6.28. The zero-order valence-corrected chi connectivity index (χ0v) is 39.5. The number of rotatable bonds is 8. The fourth-order valence-corrected chi connectivity index (χ4v) is 8.95. The average Bonchev–Trinajstić information content (AvgIpc) is 4.02. The highest BCUT2D eigenvalue weighted by Gasteiger charge is 2.28. The van der Waals surface area contributed by atoms with Crippen molar-refractivity contribution in [3.05, 3.63) is 96.1 Å². The van der Waals surface area contributed by atoms with Gasteiger partial charge in [-0.3, -0.25) is 9.80 Å². The zero-order valence-electron chi connectivity index (χ0n) is 39.5. The Bertz CT molecular complexity index is 2280. The molecule has 0 aliphatic carbocycles. The Morgan fingerprint density at radius 1 is 0.431 bits per heavy atom. The number of hydrogen-bond donors (Lipinski definition) is 8. The van der Waals surface area contributed by atoms with Gasteiger partial charge in [0.25, 0.3) is 0 Å². The molecule has 22 heteroatoms. The van der Waals surface area contributed by atoms with Crippen LogP contribution in [0.5, 0.6) is 23.0 Å². The van der Waals surface area contributed by atoms with Crippen LogP contribution in [-0.4, -0.2) is 181 Å². The molecule has 72 heavy (non-hydrogen) atoms. The first-order valence-corrected chi connectivity index (χ1v) is 23.5. The number of carboxylic acid groups (broad SMARTS) is 6. The van der Waals surface area contributed by atoms with Crippen LogP contribution in [0.1, 0.15) is 35.8 Å². The van der Waals surface area contributed by atoms with Gasteiger partial charge in [-0.1, -0.05) is 48.5 Å². The van der Waals surface area contributed by atoms with E-state index in [1.165, 1.54) is 59.8 Å². The topological polar surface area (TPSA) is 298 Å². The summed E-state index contributed by atoms with van der Waals surface area (Å²) >= 11 is 0. The molecule has 4 aromatic rings. The summed E-state index contributed by atoms with van der Waals surface area (Å²) in [5, 5.41) is 51.4. The number of carboxylic acids is 6. The van der Waals surface area contributed by atoms with Crippen molar-refractivity contribution < 1.29 is 78.4 Å². The van der Waals surface area contributed by atoms with Crippen molar-refractivity contribution in [1.29, 1.82) is 0 Å². The monoisotopic (exact) mass is 1000 g/mol. The number of fused-ring (bicyclic) bond motifs is 4. The SMILES string of the molecule is O=C(O)C(=O)O.O=C(O)C(=O)O.O=C(O)C(=O)O.c1ccc2c(c1)NCC2CCN1CCN(c2cccc3c2OCCO3)CC1.c1ccc2c(c1)NCC2CCN1CCN(c2cccc3c2OCCO3)CC1. The molecule has 6 aliphatic heterocycles. The van der Waals surface area contributed by atoms with E-state index in [9.17, 15) is 0 Å². The van der Waals surface area contributed by atoms with Gasteiger partial charge in [-0.2, -0.15) is 0 Å². The predicted molar refractivity (Wildman–Crippen MR) is 263 cm³/mol. The molecule has 0 amide bonds. The number of benzene rings is 4. The number of aliphatic carboxylic acids is 6. The third-order valence-electron chi connectivity index (χ3n) is 12.5. The lowest BCUT2D eigenvalue weighted by atomic mass is 9.97. The Labute approximate surface area is 414 Å². The van der Waals surface area contributed by atoms with E-state index in [-0.39, 0.29) is 0 Å². The van der Waals surface area contributed by atoms with E-state index in [1.807, 2.05) is 12.1 Å². The summed E-state index contributed by atoms with van der Waals surface area (Å²) in [4.78, 5) is 64.7. The molecule has 0 bridgehead atoms. The van der Waals surface area contributed by atoms with Gasteiger partial charge in [-0.25, -0.2) is 28.8 Å². The normalized spacial score (nSPS) is 18.1. The lowest BCUT2D eigenvalue weighted by Crippen LogP contribution is -2.47. The van der Waals surface area contributed by atoms with Crippen LogP contribution in [0.15, 0.2) is 84.9 Å². The number of hydrogen-bond acceptors (Lipinski definition) is 16. The summed E-state index contributed by atoms with van der Waals surface area (Å²) in [5.74, 6) is -6.05. The first kappa shape index (κ1) is 53.4. The summed E-state index contributed by atoms with van der Waals surface area (Å²) in [6.07, 6.45) is 2.45. The summed E-state index contributed by atoms with van der Waals surface area (Å²) in [6, 6.07) is 29.9. The van der Waals surface area contributed by atoms with E-state index in [1.54, 1.807) is 0 Å². The van der Waals surface area contributed by atoms with Gasteiger partial charge in [0.05, 0.1) is 11.4 Å². The maximum absolute atomic E-state index is 9.10. The van der Waals surface area contributed by atoms with Gasteiger partial charge >= 0.3 is 35.8 Å². The Kier molecular flexibility index (Phi) is 19.5. The number of para-hydroxylation sites is 4. The van der Waals surface area contributed by atoms with Crippen LogP contribution >= 0.6 is 0 Å². The minimum atomic E-state index is -1.82. The molecule has 2 atom stereocenters. The van der Waals surface area contributed by atoms with Crippen molar-refractivity contribution in [2.75, 3.05) is 125 Å². The van der Waals surface area contributed by atoms with Gasteiger partial charge < -0.3 is 70.0 Å². The molecule has 6 aliphatic rings. The lowest BCUT2D eigenvalue weighted by Gasteiger charge is -2.37. The molecule has 0 radical (unpaired) electrons. The van der Waals surface area contributed by atoms with Crippen molar-refractivity contribution in [2.45, 2.75) is 24.7 Å². The van der Waals surface area contributed by atoms with Gasteiger partial charge in [0.15, 0.2) is 23.0 Å². The molecule has 386 valence electrons. The van der Waals surface area contributed by atoms with E-state index in [2.05, 4.69) is 103 Å². The van der Waals surface area contributed by atoms with Crippen molar-refractivity contribution in [3.8, 4) is 23.0 Å². The molecule has 6 heterocycles. The Hall–Kier alpha value is -7.98. The fourth-order valence-electron chi connectivity index (χ4n) is 8.95. The van der Waals surface area contributed by atoms with Crippen LogP contribution < -0.4 is 39.4 Å². The molecular weight excluding hydrogens is 941 g/mol. The third-order valence-corrected chi connectivity index (χ3v) is 12.5. The molecule has 0 aromatic heterocycles. The number of nitrogens with zero attached hydrogens (tertiary/aromatic N) is 4. The fraction of sp³-hybridized carbons (Fsp3) is 0.400. The maximum atomic E-state index is 9.10. The molecule has 8 N–H and O–H groups in total. The van der Waals surface area contributed by atoms with Crippen LogP contribution in [0.3, 0.4) is 0 Å². The number of carbonyl (C=O) groups is 6. The van der Waals surface area contributed by atoms with Gasteiger partial charge in [0.1, 0.15) is 26.4 Å². The third kappa shape index (κ3) is 15.0. The molecule has 22 nitrogen and oxygen atoms in total.